The fourth-order valence-electron chi connectivity index (χ4n) is 2.83. The number of amides is 1. The molecule has 2 N–H and O–H groups in total. The molecule has 1 aliphatic heterocycles. The number of benzene rings is 1. The number of carbonyl (C=O) groups is 1. The summed E-state index contributed by atoms with van der Waals surface area (Å²) < 4.78 is 5.62. The molecule has 4 nitrogen and oxygen atoms in total. The van der Waals surface area contributed by atoms with Crippen molar-refractivity contribution in [3.8, 4) is 0 Å². The zero-order valence-electron chi connectivity index (χ0n) is 12.5. The molecule has 0 bridgehead atoms. The number of nitrogen functional groups attached to an aromatic ring is 1. The number of nitrogens with two attached hydrogens (primary N) is 1. The number of ether oxygens (including phenoxy) is 1. The molecule has 1 fully saturated rings. The number of hydrogen-bond acceptors (Lipinski definition) is 3. The summed E-state index contributed by atoms with van der Waals surface area (Å²) in [6, 6.07) is 7.73. The van der Waals surface area contributed by atoms with E-state index in [-0.39, 0.29) is 24.0 Å². The van der Waals surface area contributed by atoms with Crippen molar-refractivity contribution < 1.29 is 9.53 Å². The number of carbonyl (C=O) groups excluding carboxylic acids is 1. The van der Waals surface area contributed by atoms with Gasteiger partial charge in [-0.15, -0.1) is 0 Å². The Morgan fingerprint density at radius 3 is 2.95 bits per heavy atom. The summed E-state index contributed by atoms with van der Waals surface area (Å²) in [5, 5.41) is 0. The molecule has 110 valence electrons. The zero-order chi connectivity index (χ0) is 14.7. The van der Waals surface area contributed by atoms with Crippen LogP contribution < -0.4 is 5.73 Å². The summed E-state index contributed by atoms with van der Waals surface area (Å²) in [6.07, 6.45) is 1.78. The van der Waals surface area contributed by atoms with Gasteiger partial charge in [0.2, 0.25) is 5.91 Å². The fraction of sp³-hybridized carbons (Fsp3) is 0.562. The second-order valence-corrected chi connectivity index (χ2v) is 5.51. The Hall–Kier alpha value is -1.55. The molecule has 2 rings (SSSR count). The van der Waals surface area contributed by atoms with E-state index in [1.807, 2.05) is 43.1 Å². The van der Waals surface area contributed by atoms with E-state index in [4.69, 9.17) is 10.5 Å². The summed E-state index contributed by atoms with van der Waals surface area (Å²) in [5.41, 5.74) is 7.61. The van der Waals surface area contributed by atoms with Gasteiger partial charge in [-0.3, -0.25) is 4.79 Å². The zero-order valence-corrected chi connectivity index (χ0v) is 12.5. The van der Waals surface area contributed by atoms with Crippen LogP contribution in [0.5, 0.6) is 0 Å². The summed E-state index contributed by atoms with van der Waals surface area (Å²) >= 11 is 0. The SMILES string of the molecule is CCC1OCCC1C(=O)N(C)C(C)c1cccc(N)c1. The standard InChI is InChI=1S/C16H24N2O2/c1-4-15-14(8-9-20-15)16(19)18(3)11(2)12-6-5-7-13(17)10-12/h5-7,10-11,14-15H,4,8-9,17H2,1-3H3. The van der Waals surface area contributed by atoms with Crippen molar-refractivity contribution in [1.82, 2.24) is 4.90 Å². The normalized spacial score (nSPS) is 23.6. The van der Waals surface area contributed by atoms with Gasteiger partial charge < -0.3 is 15.4 Å². The van der Waals surface area contributed by atoms with Crippen LogP contribution in [0.3, 0.4) is 0 Å². The van der Waals surface area contributed by atoms with Gasteiger partial charge in [0.15, 0.2) is 0 Å². The third kappa shape index (κ3) is 2.96. The van der Waals surface area contributed by atoms with E-state index in [2.05, 4.69) is 6.92 Å². The van der Waals surface area contributed by atoms with Gasteiger partial charge in [-0.1, -0.05) is 19.1 Å². The molecule has 1 amide bonds. The highest BCUT2D eigenvalue weighted by molar-refractivity contribution is 5.80. The Balaban J connectivity index is 2.10. The summed E-state index contributed by atoms with van der Waals surface area (Å²) in [7, 11) is 1.86. The Morgan fingerprint density at radius 1 is 1.55 bits per heavy atom. The van der Waals surface area contributed by atoms with E-state index in [1.54, 1.807) is 0 Å². The largest absolute Gasteiger partial charge is 0.399 e. The topological polar surface area (TPSA) is 55.6 Å². The maximum atomic E-state index is 12.6. The van der Waals surface area contributed by atoms with E-state index in [0.29, 0.717) is 6.61 Å². The maximum Gasteiger partial charge on any atom is 0.228 e. The highest BCUT2D eigenvalue weighted by atomic mass is 16.5. The second-order valence-electron chi connectivity index (χ2n) is 5.51. The summed E-state index contributed by atoms with van der Waals surface area (Å²) in [4.78, 5) is 14.4. The number of anilines is 1. The van der Waals surface area contributed by atoms with Crippen molar-refractivity contribution >= 4 is 11.6 Å². The minimum atomic E-state index is -0.00601. The van der Waals surface area contributed by atoms with E-state index in [1.165, 1.54) is 0 Å². The van der Waals surface area contributed by atoms with Crippen molar-refractivity contribution in [3.05, 3.63) is 29.8 Å². The van der Waals surface area contributed by atoms with E-state index >= 15 is 0 Å². The molecule has 0 aromatic heterocycles. The Morgan fingerprint density at radius 2 is 2.30 bits per heavy atom. The molecule has 1 heterocycles. The molecule has 3 atom stereocenters. The molecule has 0 saturated carbocycles. The van der Waals surface area contributed by atoms with Crippen LogP contribution in [-0.2, 0) is 9.53 Å². The Bertz CT molecular complexity index is 475. The fourth-order valence-corrected chi connectivity index (χ4v) is 2.83. The molecule has 1 aromatic carbocycles. The lowest BCUT2D eigenvalue weighted by Crippen LogP contribution is -2.38. The Kier molecular flexibility index (Phi) is 4.65. The second kappa shape index (κ2) is 6.27. The van der Waals surface area contributed by atoms with Gasteiger partial charge in [0.25, 0.3) is 0 Å². The number of hydrogen-bond donors (Lipinski definition) is 1. The van der Waals surface area contributed by atoms with Crippen LogP contribution in [0, 0.1) is 5.92 Å². The molecule has 3 unspecified atom stereocenters. The van der Waals surface area contributed by atoms with Crippen LogP contribution >= 0.6 is 0 Å². The lowest BCUT2D eigenvalue weighted by molar-refractivity contribution is -0.138. The van der Waals surface area contributed by atoms with Crippen LogP contribution in [-0.4, -0.2) is 30.6 Å². The monoisotopic (exact) mass is 276 g/mol. The highest BCUT2D eigenvalue weighted by Gasteiger charge is 2.35. The van der Waals surface area contributed by atoms with Gasteiger partial charge in [0, 0.05) is 19.3 Å². The minimum Gasteiger partial charge on any atom is -0.399 e. The predicted octanol–water partition coefficient (Wildman–Crippen LogP) is 2.60. The first-order chi connectivity index (χ1) is 9.54. The van der Waals surface area contributed by atoms with E-state index < -0.39 is 0 Å². The van der Waals surface area contributed by atoms with Crippen molar-refractivity contribution in [2.75, 3.05) is 19.4 Å². The van der Waals surface area contributed by atoms with Crippen LogP contribution in [0.2, 0.25) is 0 Å². The van der Waals surface area contributed by atoms with Crippen molar-refractivity contribution in [2.24, 2.45) is 5.92 Å². The van der Waals surface area contributed by atoms with Gasteiger partial charge in [0.05, 0.1) is 18.1 Å². The van der Waals surface area contributed by atoms with Gasteiger partial charge in [-0.25, -0.2) is 0 Å². The molecule has 20 heavy (non-hydrogen) atoms. The first-order valence-corrected chi connectivity index (χ1v) is 7.28. The highest BCUT2D eigenvalue weighted by Crippen LogP contribution is 2.29. The molecular formula is C16H24N2O2. The van der Waals surface area contributed by atoms with E-state index in [0.717, 1.165) is 24.1 Å². The molecule has 1 aliphatic rings. The van der Waals surface area contributed by atoms with Crippen LogP contribution in [0.15, 0.2) is 24.3 Å². The Labute approximate surface area is 120 Å². The lowest BCUT2D eigenvalue weighted by atomic mass is 9.96. The average molecular weight is 276 g/mol. The smallest absolute Gasteiger partial charge is 0.228 e. The van der Waals surface area contributed by atoms with Gasteiger partial charge >= 0.3 is 0 Å². The molecule has 0 spiro atoms. The average Bonchev–Trinajstić information content (AvgIpc) is 2.93. The van der Waals surface area contributed by atoms with Gasteiger partial charge in [0.1, 0.15) is 0 Å². The number of nitrogens with zero attached hydrogens (tertiary/aromatic N) is 1. The quantitative estimate of drug-likeness (QED) is 0.860. The van der Waals surface area contributed by atoms with Crippen LogP contribution in [0.25, 0.3) is 0 Å². The van der Waals surface area contributed by atoms with Crippen molar-refractivity contribution in [3.63, 3.8) is 0 Å². The summed E-state index contributed by atoms with van der Waals surface area (Å²) in [6.45, 7) is 4.79. The molecule has 0 radical (unpaired) electrons. The van der Waals surface area contributed by atoms with Crippen molar-refractivity contribution in [2.45, 2.75) is 38.8 Å². The van der Waals surface area contributed by atoms with E-state index in [9.17, 15) is 4.79 Å². The first-order valence-electron chi connectivity index (χ1n) is 7.28. The van der Waals surface area contributed by atoms with Gasteiger partial charge in [-0.2, -0.15) is 0 Å². The summed E-state index contributed by atoms with van der Waals surface area (Å²) in [5.74, 6) is 0.165. The molecule has 1 aromatic rings. The maximum absolute atomic E-state index is 12.6. The third-order valence-corrected chi connectivity index (χ3v) is 4.25. The molecular weight excluding hydrogens is 252 g/mol. The van der Waals surface area contributed by atoms with Crippen LogP contribution in [0.4, 0.5) is 5.69 Å². The third-order valence-electron chi connectivity index (χ3n) is 4.25. The molecule has 1 saturated heterocycles. The molecule has 4 heteroatoms. The lowest BCUT2D eigenvalue weighted by Gasteiger charge is -2.29. The molecule has 0 aliphatic carbocycles. The van der Waals surface area contributed by atoms with Crippen LogP contribution in [0.1, 0.15) is 38.3 Å². The first kappa shape index (κ1) is 14.9. The number of rotatable bonds is 4. The van der Waals surface area contributed by atoms with Gasteiger partial charge in [-0.05, 0) is 37.5 Å². The van der Waals surface area contributed by atoms with Crippen molar-refractivity contribution in [1.29, 1.82) is 0 Å². The minimum absolute atomic E-state index is 0.00601. The predicted molar refractivity (Wildman–Crippen MR) is 80.2 cm³/mol.